The van der Waals surface area contributed by atoms with Crippen LogP contribution in [0, 0.1) is 13.7 Å². The van der Waals surface area contributed by atoms with Crippen LogP contribution >= 0.6 is 22.6 Å². The lowest BCUT2D eigenvalue weighted by atomic mass is 10.2. The molecule has 1 heterocycles. The quantitative estimate of drug-likeness (QED) is 0.339. The van der Waals surface area contributed by atoms with Gasteiger partial charge in [-0.05, 0) is 34.7 Å². The van der Waals surface area contributed by atoms with Crippen molar-refractivity contribution < 1.29 is 19.2 Å². The molecule has 8 heteroatoms. The van der Waals surface area contributed by atoms with E-state index in [1.807, 2.05) is 28.7 Å². The zero-order valence-electron chi connectivity index (χ0n) is 10.8. The highest BCUT2D eigenvalue weighted by molar-refractivity contribution is 14.1. The van der Waals surface area contributed by atoms with Crippen molar-refractivity contribution in [3.63, 3.8) is 0 Å². The van der Waals surface area contributed by atoms with E-state index >= 15 is 0 Å². The lowest BCUT2D eigenvalue weighted by Gasteiger charge is -2.07. The number of methoxy groups -OCH3 is 1. The summed E-state index contributed by atoms with van der Waals surface area (Å²) in [5, 5.41) is 11.1. The Morgan fingerprint density at radius 3 is 2.71 bits per heavy atom. The molecule has 0 bridgehead atoms. The van der Waals surface area contributed by atoms with Crippen molar-refractivity contribution in [1.82, 2.24) is 4.98 Å². The summed E-state index contributed by atoms with van der Waals surface area (Å²) in [6.07, 6.45) is 1.17. The number of aromatic nitrogens is 1. The molecule has 0 spiro atoms. The van der Waals surface area contributed by atoms with Crippen molar-refractivity contribution in [3.05, 3.63) is 55.8 Å². The molecular formula is C13H9IN2O5. The smallest absolute Gasteiger partial charge is 0.339 e. The maximum Gasteiger partial charge on any atom is 0.339 e. The van der Waals surface area contributed by atoms with Crippen LogP contribution < -0.4 is 4.74 Å². The summed E-state index contributed by atoms with van der Waals surface area (Å²) in [5.74, 6) is -0.442. The molecule has 1 aromatic heterocycles. The molecule has 0 N–H and O–H groups in total. The second-order valence-corrected chi connectivity index (χ2v) is 4.99. The maximum atomic E-state index is 11.4. The van der Waals surface area contributed by atoms with Gasteiger partial charge in [-0.1, -0.05) is 12.1 Å². The number of carbonyl (C=O) groups is 1. The second-order valence-electron chi connectivity index (χ2n) is 3.83. The van der Waals surface area contributed by atoms with Gasteiger partial charge >= 0.3 is 11.7 Å². The number of nitro groups is 1. The fraction of sp³-hybridized carbons (Fsp3) is 0.0769. The predicted octanol–water partition coefficient (Wildman–Crippen LogP) is 3.17. The Balaban J connectivity index is 2.42. The van der Waals surface area contributed by atoms with Gasteiger partial charge in [-0.15, -0.1) is 0 Å². The first-order valence-electron chi connectivity index (χ1n) is 5.68. The van der Waals surface area contributed by atoms with Crippen molar-refractivity contribution in [2.24, 2.45) is 0 Å². The summed E-state index contributed by atoms with van der Waals surface area (Å²) in [4.78, 5) is 25.7. The third-order valence-corrected chi connectivity index (χ3v) is 3.38. The first kappa shape index (κ1) is 15.2. The van der Waals surface area contributed by atoms with Crippen LogP contribution in [0.2, 0.25) is 0 Å². The van der Waals surface area contributed by atoms with E-state index in [0.29, 0.717) is 5.75 Å². The van der Waals surface area contributed by atoms with Gasteiger partial charge in [0.05, 0.1) is 21.2 Å². The normalized spacial score (nSPS) is 10.0. The van der Waals surface area contributed by atoms with Crippen LogP contribution in [0.5, 0.6) is 11.6 Å². The maximum absolute atomic E-state index is 11.4. The number of pyridine rings is 1. The van der Waals surface area contributed by atoms with E-state index in [-0.39, 0.29) is 11.4 Å². The molecule has 2 rings (SSSR count). The molecule has 0 aliphatic carbocycles. The van der Waals surface area contributed by atoms with Gasteiger partial charge < -0.3 is 9.47 Å². The molecule has 7 nitrogen and oxygen atoms in total. The number of rotatable bonds is 4. The zero-order chi connectivity index (χ0) is 15.4. The van der Waals surface area contributed by atoms with Gasteiger partial charge in [-0.3, -0.25) is 10.1 Å². The topological polar surface area (TPSA) is 91.6 Å². The van der Waals surface area contributed by atoms with Crippen LogP contribution in [0.25, 0.3) is 0 Å². The van der Waals surface area contributed by atoms with Crippen molar-refractivity contribution in [2.45, 2.75) is 0 Å². The summed E-state index contributed by atoms with van der Waals surface area (Å²) in [5.41, 5.74) is -0.420. The Morgan fingerprint density at radius 2 is 2.10 bits per heavy atom. The van der Waals surface area contributed by atoms with E-state index in [1.165, 1.54) is 13.3 Å². The van der Waals surface area contributed by atoms with Crippen LogP contribution in [0.15, 0.2) is 36.5 Å². The minimum absolute atomic E-state index is 0.0145. The molecule has 21 heavy (non-hydrogen) atoms. The molecule has 0 fully saturated rings. The molecule has 0 amide bonds. The van der Waals surface area contributed by atoms with Crippen molar-refractivity contribution in [2.75, 3.05) is 7.11 Å². The first-order chi connectivity index (χ1) is 10.0. The molecule has 0 aliphatic heterocycles. The summed E-state index contributed by atoms with van der Waals surface area (Å²) in [6.45, 7) is 0. The number of para-hydroxylation sites is 1. The molecule has 0 radical (unpaired) electrons. The van der Waals surface area contributed by atoms with Gasteiger partial charge in [0.25, 0.3) is 5.88 Å². The number of esters is 1. The van der Waals surface area contributed by atoms with Gasteiger partial charge in [0.2, 0.25) is 0 Å². The van der Waals surface area contributed by atoms with Gasteiger partial charge in [-0.25, -0.2) is 9.78 Å². The highest BCUT2D eigenvalue weighted by Crippen LogP contribution is 2.32. The van der Waals surface area contributed by atoms with E-state index in [4.69, 9.17) is 4.74 Å². The van der Waals surface area contributed by atoms with Gasteiger partial charge in [0.1, 0.15) is 5.75 Å². The number of carbonyl (C=O) groups excluding carboxylic acids is 1. The average Bonchev–Trinajstić information content (AvgIpc) is 2.49. The largest absolute Gasteiger partial charge is 0.465 e. The molecule has 0 saturated carbocycles. The predicted molar refractivity (Wildman–Crippen MR) is 81.5 cm³/mol. The minimum atomic E-state index is -0.702. The Bertz CT molecular complexity index is 705. The molecule has 1 aromatic carbocycles. The number of ether oxygens (including phenoxy) is 2. The summed E-state index contributed by atoms with van der Waals surface area (Å²) >= 11 is 2.04. The highest BCUT2D eigenvalue weighted by Gasteiger charge is 2.22. The second kappa shape index (κ2) is 6.48. The number of hydrogen-bond donors (Lipinski definition) is 0. The van der Waals surface area contributed by atoms with E-state index in [1.54, 1.807) is 18.2 Å². The summed E-state index contributed by atoms with van der Waals surface area (Å²) in [7, 11) is 1.19. The highest BCUT2D eigenvalue weighted by atomic mass is 127. The van der Waals surface area contributed by atoms with E-state index in [2.05, 4.69) is 9.72 Å². The monoisotopic (exact) mass is 400 g/mol. The molecule has 0 saturated heterocycles. The standard InChI is InChI=1S/C13H9IN2O5/c1-20-13(17)8-6-10(16(18)19)12(15-7-8)21-11-5-3-2-4-9(11)14/h2-7H,1H3. The fourth-order valence-electron chi connectivity index (χ4n) is 1.51. The molecule has 0 unspecified atom stereocenters. The van der Waals surface area contributed by atoms with Crippen molar-refractivity contribution in [1.29, 1.82) is 0 Å². The van der Waals surface area contributed by atoms with Crippen LogP contribution in [-0.4, -0.2) is 23.0 Å². The van der Waals surface area contributed by atoms with Crippen LogP contribution in [0.3, 0.4) is 0 Å². The zero-order valence-corrected chi connectivity index (χ0v) is 12.9. The van der Waals surface area contributed by atoms with Crippen molar-refractivity contribution >= 4 is 34.2 Å². The number of benzene rings is 1. The third kappa shape index (κ3) is 3.45. The lowest BCUT2D eigenvalue weighted by Crippen LogP contribution is -2.04. The SMILES string of the molecule is COC(=O)c1cnc(Oc2ccccc2I)c([N+](=O)[O-])c1. The average molecular weight is 400 g/mol. The van der Waals surface area contributed by atoms with Gasteiger partial charge in [0.15, 0.2) is 0 Å². The lowest BCUT2D eigenvalue weighted by molar-refractivity contribution is -0.386. The number of nitrogens with zero attached hydrogens (tertiary/aromatic N) is 2. The first-order valence-corrected chi connectivity index (χ1v) is 6.76. The molecule has 2 aromatic rings. The van der Waals surface area contributed by atoms with Gasteiger partial charge in [0, 0.05) is 12.3 Å². The number of halogens is 1. The van der Waals surface area contributed by atoms with Crippen LogP contribution in [0.1, 0.15) is 10.4 Å². The van der Waals surface area contributed by atoms with Crippen LogP contribution in [-0.2, 0) is 4.74 Å². The number of hydrogen-bond acceptors (Lipinski definition) is 6. The van der Waals surface area contributed by atoms with E-state index in [0.717, 1.165) is 9.64 Å². The van der Waals surface area contributed by atoms with Gasteiger partial charge in [-0.2, -0.15) is 0 Å². The Hall–Kier alpha value is -2.23. The van der Waals surface area contributed by atoms with Crippen LogP contribution in [0.4, 0.5) is 5.69 Å². The van der Waals surface area contributed by atoms with Crippen molar-refractivity contribution in [3.8, 4) is 11.6 Å². The third-order valence-electron chi connectivity index (χ3n) is 2.49. The summed E-state index contributed by atoms with van der Waals surface area (Å²) < 4.78 is 10.7. The molecule has 0 aliphatic rings. The Morgan fingerprint density at radius 1 is 1.38 bits per heavy atom. The minimum Gasteiger partial charge on any atom is -0.465 e. The fourth-order valence-corrected chi connectivity index (χ4v) is 2.01. The molecule has 108 valence electrons. The molecular weight excluding hydrogens is 391 g/mol. The van der Waals surface area contributed by atoms with E-state index < -0.39 is 16.6 Å². The summed E-state index contributed by atoms with van der Waals surface area (Å²) in [6, 6.07) is 8.10. The Kier molecular flexibility index (Phi) is 4.68. The molecule has 0 atom stereocenters. The van der Waals surface area contributed by atoms with E-state index in [9.17, 15) is 14.9 Å². The Labute approximate surface area is 133 Å².